The van der Waals surface area contributed by atoms with Crippen molar-refractivity contribution in [3.8, 4) is 11.5 Å². The fourth-order valence-corrected chi connectivity index (χ4v) is 2.35. The van der Waals surface area contributed by atoms with Gasteiger partial charge in [0.1, 0.15) is 0 Å². The van der Waals surface area contributed by atoms with Gasteiger partial charge in [0.2, 0.25) is 0 Å². The van der Waals surface area contributed by atoms with Gasteiger partial charge >= 0.3 is 5.69 Å². The first-order chi connectivity index (χ1) is 9.52. The molecule has 20 heavy (non-hydrogen) atoms. The first kappa shape index (κ1) is 12.5. The third kappa shape index (κ3) is 1.65. The van der Waals surface area contributed by atoms with Gasteiger partial charge in [-0.1, -0.05) is 6.07 Å². The van der Waals surface area contributed by atoms with Crippen molar-refractivity contribution in [3.63, 3.8) is 0 Å². The molecular formula is C14H14N4O2. The van der Waals surface area contributed by atoms with E-state index in [2.05, 4.69) is 9.97 Å². The largest absolute Gasteiger partial charge is 0.352 e. The minimum absolute atomic E-state index is 0.229. The predicted molar refractivity (Wildman–Crippen MR) is 76.1 cm³/mol. The average Bonchev–Trinajstić information content (AvgIpc) is 2.43. The second-order valence-electron chi connectivity index (χ2n) is 4.78. The molecular weight excluding hydrogens is 256 g/mol. The third-order valence-electron chi connectivity index (χ3n) is 3.43. The van der Waals surface area contributed by atoms with Crippen LogP contribution in [0.5, 0.6) is 0 Å². The van der Waals surface area contributed by atoms with E-state index in [0.29, 0.717) is 12.4 Å². The van der Waals surface area contributed by atoms with Gasteiger partial charge in [0, 0.05) is 13.6 Å². The highest BCUT2D eigenvalue weighted by atomic mass is 16.2. The summed E-state index contributed by atoms with van der Waals surface area (Å²) < 4.78 is 2.83. The molecule has 0 aromatic heterocycles. The van der Waals surface area contributed by atoms with Gasteiger partial charge in [-0.25, -0.2) is 9.78 Å². The molecule has 1 aromatic rings. The van der Waals surface area contributed by atoms with E-state index in [-0.39, 0.29) is 5.69 Å². The molecule has 0 aliphatic carbocycles. The van der Waals surface area contributed by atoms with Crippen molar-refractivity contribution in [1.29, 1.82) is 0 Å². The quantitative estimate of drug-likeness (QED) is 0.617. The molecule has 6 heteroatoms. The Labute approximate surface area is 114 Å². The molecule has 3 rings (SSSR count). The summed E-state index contributed by atoms with van der Waals surface area (Å²) in [7, 11) is 1.41. The summed E-state index contributed by atoms with van der Waals surface area (Å²) in [5, 5.41) is 0. The Hall–Kier alpha value is -2.50. The first-order valence-corrected chi connectivity index (χ1v) is 6.41. The molecule has 0 amide bonds. The van der Waals surface area contributed by atoms with E-state index < -0.39 is 11.2 Å². The second-order valence-corrected chi connectivity index (χ2v) is 4.78. The van der Waals surface area contributed by atoms with Crippen LogP contribution in [0.2, 0.25) is 0 Å². The highest BCUT2D eigenvalue weighted by Gasteiger charge is 2.19. The molecule has 1 aromatic carbocycles. The molecule has 0 saturated heterocycles. The van der Waals surface area contributed by atoms with Crippen molar-refractivity contribution in [2.75, 3.05) is 0 Å². The van der Waals surface area contributed by atoms with E-state index in [1.165, 1.54) is 7.05 Å². The molecule has 2 aliphatic rings. The second kappa shape index (κ2) is 4.26. The molecule has 0 spiro atoms. The highest BCUT2D eigenvalue weighted by molar-refractivity contribution is 5.79. The normalized spacial score (nSPS) is 11.3. The van der Waals surface area contributed by atoms with Crippen molar-refractivity contribution in [1.82, 2.24) is 19.1 Å². The fraction of sp³-hybridized carbons (Fsp3) is 0.286. The van der Waals surface area contributed by atoms with E-state index in [9.17, 15) is 9.59 Å². The molecule has 2 heterocycles. The number of fused-ring (bicyclic) bond motifs is 2. The standard InChI is InChI=1S/C14H14N4O2/c1-4-18-10-6-5-8(2)7-9(10)15-11-12(18)16-14(20)17(3)13(11)19/h5-7H,4H2,1-3H3. The Morgan fingerprint density at radius 2 is 1.95 bits per heavy atom. The molecule has 6 nitrogen and oxygen atoms in total. The summed E-state index contributed by atoms with van der Waals surface area (Å²) in [6.07, 6.45) is 0. The van der Waals surface area contributed by atoms with E-state index >= 15 is 0 Å². The summed E-state index contributed by atoms with van der Waals surface area (Å²) in [6, 6.07) is 5.83. The van der Waals surface area contributed by atoms with Gasteiger partial charge in [0.15, 0.2) is 11.5 Å². The van der Waals surface area contributed by atoms with Crippen molar-refractivity contribution in [3.05, 3.63) is 44.6 Å². The zero-order valence-electron chi connectivity index (χ0n) is 11.5. The lowest BCUT2D eigenvalue weighted by atomic mass is 10.2. The van der Waals surface area contributed by atoms with Crippen LogP contribution in [-0.4, -0.2) is 19.1 Å². The monoisotopic (exact) mass is 270 g/mol. The van der Waals surface area contributed by atoms with Crippen molar-refractivity contribution < 1.29 is 0 Å². The smallest absolute Gasteiger partial charge is 0.323 e. The van der Waals surface area contributed by atoms with Crippen LogP contribution in [0.1, 0.15) is 12.5 Å². The van der Waals surface area contributed by atoms with Gasteiger partial charge in [0.25, 0.3) is 5.56 Å². The van der Waals surface area contributed by atoms with Gasteiger partial charge in [0.05, 0.1) is 11.0 Å². The maximum Gasteiger partial charge on any atom is 0.352 e. The molecule has 0 atom stereocenters. The van der Waals surface area contributed by atoms with E-state index in [4.69, 9.17) is 0 Å². The average molecular weight is 270 g/mol. The molecule has 102 valence electrons. The number of rotatable bonds is 1. The predicted octanol–water partition coefficient (Wildman–Crippen LogP) is 0.923. The number of hydrogen-bond acceptors (Lipinski definition) is 4. The van der Waals surface area contributed by atoms with Crippen LogP contribution < -0.4 is 11.2 Å². The minimum Gasteiger partial charge on any atom is -0.323 e. The molecule has 0 saturated carbocycles. The molecule has 0 radical (unpaired) electrons. The maximum absolute atomic E-state index is 12.2. The summed E-state index contributed by atoms with van der Waals surface area (Å²) in [4.78, 5) is 32.3. The van der Waals surface area contributed by atoms with Crippen LogP contribution in [0.15, 0.2) is 27.8 Å². The summed E-state index contributed by atoms with van der Waals surface area (Å²) in [6.45, 7) is 4.53. The number of hydrogen-bond donors (Lipinski definition) is 0. The molecule has 0 bridgehead atoms. The number of aromatic nitrogens is 4. The van der Waals surface area contributed by atoms with E-state index in [1.807, 2.05) is 36.6 Å². The van der Waals surface area contributed by atoms with Crippen LogP contribution in [-0.2, 0) is 13.6 Å². The van der Waals surface area contributed by atoms with Gasteiger partial charge < -0.3 is 4.57 Å². The third-order valence-corrected chi connectivity index (χ3v) is 3.43. The summed E-state index contributed by atoms with van der Waals surface area (Å²) >= 11 is 0. The lowest BCUT2D eigenvalue weighted by molar-refractivity contribution is 0.717. The molecule has 0 unspecified atom stereocenters. The number of nitrogens with zero attached hydrogens (tertiary/aromatic N) is 4. The van der Waals surface area contributed by atoms with E-state index in [1.54, 1.807) is 0 Å². The summed E-state index contributed by atoms with van der Waals surface area (Å²) in [5.74, 6) is 0.344. The Morgan fingerprint density at radius 3 is 2.65 bits per heavy atom. The first-order valence-electron chi connectivity index (χ1n) is 6.41. The Morgan fingerprint density at radius 1 is 1.20 bits per heavy atom. The molecule has 0 fully saturated rings. The highest BCUT2D eigenvalue weighted by Crippen LogP contribution is 2.21. The topological polar surface area (TPSA) is 69.8 Å². The van der Waals surface area contributed by atoms with Gasteiger partial charge in [-0.3, -0.25) is 9.36 Å². The number of benzene rings is 1. The van der Waals surface area contributed by atoms with Crippen molar-refractivity contribution in [2.45, 2.75) is 20.4 Å². The van der Waals surface area contributed by atoms with Gasteiger partial charge in [-0.2, -0.15) is 4.98 Å². The Bertz CT molecular complexity index is 908. The number of aryl methyl sites for hydroxylation is 2. The van der Waals surface area contributed by atoms with Crippen LogP contribution in [0.25, 0.3) is 22.6 Å². The SMILES string of the molecule is CCn1c2nc(=O)n(C)c(=O)c-2nc2cc(C)ccc21. The van der Waals surface area contributed by atoms with Crippen LogP contribution in [0, 0.1) is 6.92 Å². The summed E-state index contributed by atoms with van der Waals surface area (Å²) in [5.41, 5.74) is 1.93. The Kier molecular flexibility index (Phi) is 2.67. The zero-order valence-corrected chi connectivity index (χ0v) is 11.5. The maximum atomic E-state index is 12.2. The van der Waals surface area contributed by atoms with Gasteiger partial charge in [-0.05, 0) is 31.5 Å². The van der Waals surface area contributed by atoms with Crippen LogP contribution >= 0.6 is 0 Å². The lowest BCUT2D eigenvalue weighted by Gasteiger charge is -2.15. The minimum atomic E-state index is -0.557. The van der Waals surface area contributed by atoms with Crippen LogP contribution in [0.3, 0.4) is 0 Å². The fourth-order valence-electron chi connectivity index (χ4n) is 2.35. The lowest BCUT2D eigenvalue weighted by Crippen LogP contribution is -2.36. The van der Waals surface area contributed by atoms with Crippen molar-refractivity contribution in [2.24, 2.45) is 7.05 Å². The van der Waals surface area contributed by atoms with E-state index in [0.717, 1.165) is 21.2 Å². The van der Waals surface area contributed by atoms with Crippen molar-refractivity contribution >= 4 is 11.0 Å². The molecule has 2 aliphatic heterocycles. The zero-order chi connectivity index (χ0) is 14.4. The Balaban J connectivity index is 2.62. The van der Waals surface area contributed by atoms with Crippen LogP contribution in [0.4, 0.5) is 0 Å². The van der Waals surface area contributed by atoms with Gasteiger partial charge in [-0.15, -0.1) is 0 Å². The molecule has 0 N–H and O–H groups in total.